The average molecular weight is 291 g/mol. The molecule has 0 atom stereocenters. The Labute approximate surface area is 124 Å². The monoisotopic (exact) mass is 291 g/mol. The molecule has 0 spiro atoms. The van der Waals surface area contributed by atoms with Crippen LogP contribution in [0.2, 0.25) is 0 Å². The summed E-state index contributed by atoms with van der Waals surface area (Å²) >= 11 is 0. The Bertz CT molecular complexity index is 511. The van der Waals surface area contributed by atoms with Crippen LogP contribution >= 0.6 is 0 Å². The quantitative estimate of drug-likeness (QED) is 0.896. The second-order valence-electron chi connectivity index (χ2n) is 5.44. The summed E-state index contributed by atoms with van der Waals surface area (Å²) in [5.41, 5.74) is 0.761. The largest absolute Gasteiger partial charge is 0.378 e. The van der Waals surface area contributed by atoms with Crippen LogP contribution in [0.15, 0.2) is 18.3 Å². The van der Waals surface area contributed by atoms with E-state index in [0.717, 1.165) is 0 Å². The molecule has 1 saturated heterocycles. The molecule has 1 N–H and O–H groups in total. The second-order valence-corrected chi connectivity index (χ2v) is 5.44. The zero-order chi connectivity index (χ0) is 15.2. The van der Waals surface area contributed by atoms with Gasteiger partial charge < -0.3 is 15.0 Å². The number of nitrogens with zero attached hydrogens (tertiary/aromatic N) is 2. The zero-order valence-electron chi connectivity index (χ0n) is 12.5. The Balaban J connectivity index is 2.06. The molecule has 2 heterocycles. The van der Waals surface area contributed by atoms with Crippen LogP contribution in [0.5, 0.6) is 0 Å². The Hall–Kier alpha value is -1.95. The fraction of sp³-hybridized carbons (Fsp3) is 0.533. The summed E-state index contributed by atoms with van der Waals surface area (Å²) in [6.07, 6.45) is 1.50. The molecule has 2 amide bonds. The predicted octanol–water partition coefficient (Wildman–Crippen LogP) is 0.940. The second kappa shape index (κ2) is 7.17. The first kappa shape index (κ1) is 15.4. The molecule has 21 heavy (non-hydrogen) atoms. The molecule has 6 heteroatoms. The highest BCUT2D eigenvalue weighted by atomic mass is 16.5. The Morgan fingerprint density at radius 1 is 1.38 bits per heavy atom. The maximum Gasteiger partial charge on any atom is 0.269 e. The van der Waals surface area contributed by atoms with Crippen LogP contribution in [0.4, 0.5) is 0 Å². The van der Waals surface area contributed by atoms with Crippen molar-refractivity contribution in [3.63, 3.8) is 0 Å². The van der Waals surface area contributed by atoms with Crippen molar-refractivity contribution in [2.75, 3.05) is 32.8 Å². The molecule has 6 nitrogen and oxygen atoms in total. The molecule has 0 aliphatic carbocycles. The summed E-state index contributed by atoms with van der Waals surface area (Å²) in [6, 6.07) is 3.18. The van der Waals surface area contributed by atoms with Gasteiger partial charge in [0.15, 0.2) is 0 Å². The third kappa shape index (κ3) is 4.26. The lowest BCUT2D eigenvalue weighted by Gasteiger charge is -2.26. The van der Waals surface area contributed by atoms with Crippen molar-refractivity contribution < 1.29 is 14.3 Å². The molecule has 1 aromatic heterocycles. The van der Waals surface area contributed by atoms with Gasteiger partial charge in [-0.1, -0.05) is 13.8 Å². The van der Waals surface area contributed by atoms with Crippen LogP contribution in [-0.2, 0) is 4.74 Å². The summed E-state index contributed by atoms with van der Waals surface area (Å²) in [5, 5.41) is 2.80. The van der Waals surface area contributed by atoms with Gasteiger partial charge in [-0.2, -0.15) is 0 Å². The van der Waals surface area contributed by atoms with Gasteiger partial charge in [0.25, 0.3) is 11.8 Å². The number of carbonyl (C=O) groups is 2. The molecular weight excluding hydrogens is 270 g/mol. The third-order valence-corrected chi connectivity index (χ3v) is 3.21. The van der Waals surface area contributed by atoms with Crippen molar-refractivity contribution in [3.05, 3.63) is 29.6 Å². The lowest BCUT2D eigenvalue weighted by molar-refractivity contribution is 0.0303. The normalized spacial score (nSPS) is 15.1. The van der Waals surface area contributed by atoms with Crippen LogP contribution in [0.1, 0.15) is 34.7 Å². The maximum atomic E-state index is 12.4. The van der Waals surface area contributed by atoms with E-state index < -0.39 is 0 Å². The van der Waals surface area contributed by atoms with E-state index in [0.29, 0.717) is 44.3 Å². The van der Waals surface area contributed by atoms with E-state index in [1.54, 1.807) is 17.0 Å². The summed E-state index contributed by atoms with van der Waals surface area (Å²) < 4.78 is 5.23. The Morgan fingerprint density at radius 3 is 2.76 bits per heavy atom. The van der Waals surface area contributed by atoms with E-state index in [-0.39, 0.29) is 17.5 Å². The van der Waals surface area contributed by atoms with Crippen LogP contribution in [0, 0.1) is 5.92 Å². The van der Waals surface area contributed by atoms with Gasteiger partial charge in [0.1, 0.15) is 5.69 Å². The molecule has 0 bridgehead atoms. The van der Waals surface area contributed by atoms with E-state index in [9.17, 15) is 9.59 Å². The molecule has 1 fully saturated rings. The number of hydrogen-bond acceptors (Lipinski definition) is 4. The first-order valence-corrected chi connectivity index (χ1v) is 7.19. The number of pyridine rings is 1. The maximum absolute atomic E-state index is 12.4. The molecule has 0 unspecified atom stereocenters. The Kier molecular flexibility index (Phi) is 5.27. The molecule has 1 aromatic rings. The number of hydrogen-bond donors (Lipinski definition) is 1. The molecule has 0 aromatic carbocycles. The highest BCUT2D eigenvalue weighted by molar-refractivity contribution is 5.98. The summed E-state index contributed by atoms with van der Waals surface area (Å²) in [6.45, 7) is 6.89. The van der Waals surface area contributed by atoms with Gasteiger partial charge in [-0.15, -0.1) is 0 Å². The molecule has 1 aliphatic rings. The molecule has 0 radical (unpaired) electrons. The third-order valence-electron chi connectivity index (χ3n) is 3.21. The molecule has 2 rings (SSSR count). The summed E-state index contributed by atoms with van der Waals surface area (Å²) in [7, 11) is 0. The van der Waals surface area contributed by atoms with E-state index in [2.05, 4.69) is 10.3 Å². The van der Waals surface area contributed by atoms with Gasteiger partial charge in [0.2, 0.25) is 0 Å². The lowest BCUT2D eigenvalue weighted by atomic mass is 10.1. The van der Waals surface area contributed by atoms with Crippen molar-refractivity contribution >= 4 is 11.8 Å². The molecule has 114 valence electrons. The van der Waals surface area contributed by atoms with E-state index in [4.69, 9.17) is 4.74 Å². The summed E-state index contributed by atoms with van der Waals surface area (Å²) in [4.78, 5) is 30.1. The minimum atomic E-state index is -0.250. The minimum absolute atomic E-state index is 0.0846. The average Bonchev–Trinajstić information content (AvgIpc) is 2.52. The zero-order valence-corrected chi connectivity index (χ0v) is 12.5. The fourth-order valence-electron chi connectivity index (χ4n) is 2.02. The molecular formula is C15H21N3O3. The fourth-order valence-corrected chi connectivity index (χ4v) is 2.02. The SMILES string of the molecule is CC(C)CNC(=O)c1cc(C(=O)N2CCOCC2)ccn1. The summed E-state index contributed by atoms with van der Waals surface area (Å²) in [5.74, 6) is 0.0334. The van der Waals surface area contributed by atoms with Gasteiger partial charge >= 0.3 is 0 Å². The Morgan fingerprint density at radius 2 is 2.10 bits per heavy atom. The van der Waals surface area contributed by atoms with Crippen molar-refractivity contribution in [1.29, 1.82) is 0 Å². The molecule has 0 saturated carbocycles. The number of morpholine rings is 1. The first-order chi connectivity index (χ1) is 10.1. The van der Waals surface area contributed by atoms with Crippen molar-refractivity contribution in [3.8, 4) is 0 Å². The van der Waals surface area contributed by atoms with Crippen LogP contribution in [0.3, 0.4) is 0 Å². The van der Waals surface area contributed by atoms with Crippen molar-refractivity contribution in [2.24, 2.45) is 5.92 Å². The number of rotatable bonds is 4. The van der Waals surface area contributed by atoms with Gasteiger partial charge in [0, 0.05) is 31.4 Å². The van der Waals surface area contributed by atoms with E-state index >= 15 is 0 Å². The number of carbonyl (C=O) groups excluding carboxylic acids is 2. The van der Waals surface area contributed by atoms with Crippen LogP contribution in [0.25, 0.3) is 0 Å². The van der Waals surface area contributed by atoms with E-state index in [1.807, 2.05) is 13.8 Å². The van der Waals surface area contributed by atoms with E-state index in [1.165, 1.54) is 6.20 Å². The van der Waals surface area contributed by atoms with Crippen LogP contribution < -0.4 is 5.32 Å². The van der Waals surface area contributed by atoms with Crippen LogP contribution in [-0.4, -0.2) is 54.5 Å². The van der Waals surface area contributed by atoms with Gasteiger partial charge in [-0.3, -0.25) is 14.6 Å². The number of ether oxygens (including phenoxy) is 1. The van der Waals surface area contributed by atoms with Gasteiger partial charge in [-0.25, -0.2) is 0 Å². The minimum Gasteiger partial charge on any atom is -0.378 e. The molecule has 1 aliphatic heterocycles. The lowest BCUT2D eigenvalue weighted by Crippen LogP contribution is -2.40. The van der Waals surface area contributed by atoms with Crippen molar-refractivity contribution in [2.45, 2.75) is 13.8 Å². The first-order valence-electron chi connectivity index (χ1n) is 7.19. The predicted molar refractivity (Wildman–Crippen MR) is 78.1 cm³/mol. The van der Waals surface area contributed by atoms with Crippen molar-refractivity contribution in [1.82, 2.24) is 15.2 Å². The topological polar surface area (TPSA) is 71.5 Å². The smallest absolute Gasteiger partial charge is 0.269 e. The number of amides is 2. The highest BCUT2D eigenvalue weighted by Gasteiger charge is 2.19. The number of nitrogens with one attached hydrogen (secondary N) is 1. The number of aromatic nitrogens is 1. The van der Waals surface area contributed by atoms with Gasteiger partial charge in [-0.05, 0) is 18.1 Å². The standard InChI is InChI=1S/C15H21N3O3/c1-11(2)10-17-14(19)13-9-12(3-4-16-13)15(20)18-5-7-21-8-6-18/h3-4,9,11H,5-8,10H2,1-2H3,(H,17,19). The highest BCUT2D eigenvalue weighted by Crippen LogP contribution is 2.08. The van der Waals surface area contributed by atoms with Gasteiger partial charge in [0.05, 0.1) is 13.2 Å².